The molecule has 1 atom stereocenters. The number of rotatable bonds is 6. The average Bonchev–Trinajstić information content (AvgIpc) is 3.02. The van der Waals surface area contributed by atoms with Gasteiger partial charge in [0.25, 0.3) is 5.69 Å². The molecule has 130 valence electrons. The van der Waals surface area contributed by atoms with Gasteiger partial charge in [0.05, 0.1) is 4.92 Å². The van der Waals surface area contributed by atoms with Gasteiger partial charge >= 0.3 is 0 Å². The first-order valence-electron chi connectivity index (χ1n) is 8.35. The summed E-state index contributed by atoms with van der Waals surface area (Å²) in [5, 5.41) is 14.6. The molecule has 0 radical (unpaired) electrons. The van der Waals surface area contributed by atoms with Crippen LogP contribution < -0.4 is 5.32 Å². The molecule has 0 unspecified atom stereocenters. The lowest BCUT2D eigenvalue weighted by molar-refractivity contribution is -0.384. The molecule has 25 heavy (non-hydrogen) atoms. The summed E-state index contributed by atoms with van der Waals surface area (Å²) in [5.74, 6) is -0.176. The SMILES string of the molecule is CC(=O)c1ccc(N[C@@H]2CCN(Cc3ccccc3)C2)c([N+](=O)[O-])c1. The Morgan fingerprint density at radius 3 is 2.72 bits per heavy atom. The molecule has 0 spiro atoms. The first-order valence-corrected chi connectivity index (χ1v) is 8.35. The Labute approximate surface area is 146 Å². The number of nitro groups is 1. The zero-order valence-corrected chi connectivity index (χ0v) is 14.1. The smallest absolute Gasteiger partial charge is 0.293 e. The molecule has 1 aliphatic rings. The first-order chi connectivity index (χ1) is 12.0. The van der Waals surface area contributed by atoms with Crippen molar-refractivity contribution in [3.63, 3.8) is 0 Å². The summed E-state index contributed by atoms with van der Waals surface area (Å²) < 4.78 is 0. The highest BCUT2D eigenvalue weighted by molar-refractivity contribution is 5.95. The Morgan fingerprint density at radius 1 is 1.28 bits per heavy atom. The van der Waals surface area contributed by atoms with Gasteiger partial charge in [0.2, 0.25) is 0 Å². The van der Waals surface area contributed by atoms with Gasteiger partial charge in [-0.15, -0.1) is 0 Å². The fourth-order valence-corrected chi connectivity index (χ4v) is 3.18. The van der Waals surface area contributed by atoms with E-state index in [9.17, 15) is 14.9 Å². The van der Waals surface area contributed by atoms with Gasteiger partial charge in [-0.25, -0.2) is 0 Å². The van der Waals surface area contributed by atoms with Gasteiger partial charge in [-0.2, -0.15) is 0 Å². The maximum atomic E-state index is 11.4. The Kier molecular flexibility index (Phi) is 5.09. The lowest BCUT2D eigenvalue weighted by atomic mass is 10.1. The number of nitro benzene ring substituents is 1. The normalized spacial score (nSPS) is 17.4. The molecular formula is C19H21N3O3. The zero-order chi connectivity index (χ0) is 17.8. The van der Waals surface area contributed by atoms with E-state index in [0.717, 1.165) is 26.1 Å². The van der Waals surface area contributed by atoms with Crippen molar-refractivity contribution in [2.24, 2.45) is 0 Å². The molecule has 1 N–H and O–H groups in total. The number of ketones is 1. The summed E-state index contributed by atoms with van der Waals surface area (Å²) in [6.07, 6.45) is 0.929. The predicted octanol–water partition coefficient (Wildman–Crippen LogP) is 3.48. The fraction of sp³-hybridized carbons (Fsp3) is 0.316. The minimum atomic E-state index is -0.439. The van der Waals surface area contributed by atoms with Crippen LogP contribution in [0.1, 0.15) is 29.3 Å². The molecule has 6 heteroatoms. The molecule has 1 fully saturated rings. The van der Waals surface area contributed by atoms with Crippen molar-refractivity contribution >= 4 is 17.2 Å². The topological polar surface area (TPSA) is 75.5 Å². The Morgan fingerprint density at radius 2 is 2.04 bits per heavy atom. The van der Waals surface area contributed by atoms with Crippen LogP contribution in [0.5, 0.6) is 0 Å². The minimum Gasteiger partial charge on any atom is -0.375 e. The van der Waals surface area contributed by atoms with E-state index in [2.05, 4.69) is 22.3 Å². The van der Waals surface area contributed by atoms with Gasteiger partial charge in [-0.05, 0) is 31.0 Å². The van der Waals surface area contributed by atoms with Crippen LogP contribution in [0.2, 0.25) is 0 Å². The standard InChI is InChI=1S/C19H21N3O3/c1-14(23)16-7-8-18(19(11-16)22(24)25)20-17-9-10-21(13-17)12-15-5-3-2-4-6-15/h2-8,11,17,20H,9-10,12-13H2,1H3/t17-/m1/s1. The lowest BCUT2D eigenvalue weighted by Crippen LogP contribution is -2.26. The summed E-state index contributed by atoms with van der Waals surface area (Å²) in [5.41, 5.74) is 2.05. The quantitative estimate of drug-likeness (QED) is 0.495. The summed E-state index contributed by atoms with van der Waals surface area (Å²) in [7, 11) is 0. The molecule has 2 aromatic rings. The molecule has 0 saturated carbocycles. The van der Waals surface area contributed by atoms with E-state index >= 15 is 0 Å². The van der Waals surface area contributed by atoms with E-state index in [1.807, 2.05) is 18.2 Å². The number of hydrogen-bond acceptors (Lipinski definition) is 5. The van der Waals surface area contributed by atoms with E-state index in [4.69, 9.17) is 0 Å². The molecule has 6 nitrogen and oxygen atoms in total. The number of nitrogens with one attached hydrogen (secondary N) is 1. The highest BCUT2D eigenvalue weighted by atomic mass is 16.6. The van der Waals surface area contributed by atoms with Crippen molar-refractivity contribution in [3.8, 4) is 0 Å². The van der Waals surface area contributed by atoms with Gasteiger partial charge < -0.3 is 5.32 Å². The van der Waals surface area contributed by atoms with Crippen LogP contribution in [0, 0.1) is 10.1 Å². The Bertz CT molecular complexity index is 777. The van der Waals surface area contributed by atoms with Crippen molar-refractivity contribution in [2.75, 3.05) is 18.4 Å². The largest absolute Gasteiger partial charge is 0.375 e. The highest BCUT2D eigenvalue weighted by Gasteiger charge is 2.25. The molecule has 0 aliphatic carbocycles. The number of benzene rings is 2. The number of nitrogens with zero attached hydrogens (tertiary/aromatic N) is 2. The number of hydrogen-bond donors (Lipinski definition) is 1. The molecule has 0 bridgehead atoms. The molecule has 1 saturated heterocycles. The van der Waals surface area contributed by atoms with E-state index in [-0.39, 0.29) is 17.5 Å². The number of carbonyl (C=O) groups excluding carboxylic acids is 1. The third-order valence-corrected chi connectivity index (χ3v) is 4.48. The summed E-state index contributed by atoms with van der Waals surface area (Å²) in [4.78, 5) is 24.7. The van der Waals surface area contributed by atoms with Crippen LogP contribution in [0.25, 0.3) is 0 Å². The molecule has 1 aliphatic heterocycles. The van der Waals surface area contributed by atoms with Gasteiger partial charge in [0.1, 0.15) is 5.69 Å². The summed E-state index contributed by atoms with van der Waals surface area (Å²) in [6, 6.07) is 15.0. The number of Topliss-reactive ketones (excluding diaryl/α,β-unsaturated/α-hetero) is 1. The van der Waals surface area contributed by atoms with Crippen LogP contribution in [0.4, 0.5) is 11.4 Å². The number of likely N-dealkylation sites (tertiary alicyclic amines) is 1. The zero-order valence-electron chi connectivity index (χ0n) is 14.1. The van der Waals surface area contributed by atoms with E-state index in [1.165, 1.54) is 18.6 Å². The van der Waals surface area contributed by atoms with Gasteiger partial charge in [-0.3, -0.25) is 19.8 Å². The minimum absolute atomic E-state index is 0.0470. The average molecular weight is 339 g/mol. The molecule has 0 amide bonds. The molecule has 3 rings (SSSR count). The van der Waals surface area contributed by atoms with Crippen molar-refractivity contribution in [2.45, 2.75) is 25.9 Å². The van der Waals surface area contributed by atoms with Crippen molar-refractivity contribution in [1.29, 1.82) is 0 Å². The fourth-order valence-electron chi connectivity index (χ4n) is 3.18. The molecule has 2 aromatic carbocycles. The lowest BCUT2D eigenvalue weighted by Gasteiger charge is -2.17. The van der Waals surface area contributed by atoms with Crippen LogP contribution in [-0.4, -0.2) is 34.7 Å². The monoisotopic (exact) mass is 339 g/mol. The maximum Gasteiger partial charge on any atom is 0.293 e. The summed E-state index contributed by atoms with van der Waals surface area (Å²) >= 11 is 0. The van der Waals surface area contributed by atoms with E-state index < -0.39 is 4.92 Å². The molecule has 1 heterocycles. The predicted molar refractivity (Wildman–Crippen MR) is 96.8 cm³/mol. The van der Waals surface area contributed by atoms with Gasteiger partial charge in [0.15, 0.2) is 5.78 Å². The van der Waals surface area contributed by atoms with E-state index in [0.29, 0.717) is 11.3 Å². The third kappa shape index (κ3) is 4.22. The van der Waals surface area contributed by atoms with Crippen LogP contribution in [0.15, 0.2) is 48.5 Å². The van der Waals surface area contributed by atoms with E-state index in [1.54, 1.807) is 12.1 Å². The van der Waals surface area contributed by atoms with Crippen molar-refractivity contribution in [1.82, 2.24) is 4.90 Å². The molecular weight excluding hydrogens is 318 g/mol. The second-order valence-corrected chi connectivity index (χ2v) is 6.40. The van der Waals surface area contributed by atoms with Crippen LogP contribution in [0.3, 0.4) is 0 Å². The van der Waals surface area contributed by atoms with Crippen molar-refractivity contribution < 1.29 is 9.72 Å². The second-order valence-electron chi connectivity index (χ2n) is 6.40. The third-order valence-electron chi connectivity index (χ3n) is 4.48. The van der Waals surface area contributed by atoms with Crippen LogP contribution in [-0.2, 0) is 6.54 Å². The van der Waals surface area contributed by atoms with Gasteiger partial charge in [-0.1, -0.05) is 30.3 Å². The number of carbonyl (C=O) groups is 1. The molecule has 0 aromatic heterocycles. The first kappa shape index (κ1) is 17.1. The number of anilines is 1. The second kappa shape index (κ2) is 7.44. The van der Waals surface area contributed by atoms with Gasteiger partial charge in [0, 0.05) is 37.3 Å². The van der Waals surface area contributed by atoms with Crippen LogP contribution >= 0.6 is 0 Å². The van der Waals surface area contributed by atoms with Crippen molar-refractivity contribution in [3.05, 3.63) is 69.8 Å². The Hall–Kier alpha value is -2.73. The summed E-state index contributed by atoms with van der Waals surface area (Å²) in [6.45, 7) is 4.07. The Balaban J connectivity index is 1.67. The highest BCUT2D eigenvalue weighted by Crippen LogP contribution is 2.28. The maximum absolute atomic E-state index is 11.4.